The van der Waals surface area contributed by atoms with Crippen LogP contribution in [0.5, 0.6) is 0 Å². The standard InChI is InChI=1S/C6H9NO2/c1-2-3-4-5-6-7(8)9/h2-5H,6H2,1H3/b3-2-,5-4-. The topological polar surface area (TPSA) is 43.1 Å². The van der Waals surface area contributed by atoms with E-state index < -0.39 is 0 Å². The van der Waals surface area contributed by atoms with Crippen LogP contribution in [-0.4, -0.2) is 11.5 Å². The first-order valence-corrected chi connectivity index (χ1v) is 2.67. The highest BCUT2D eigenvalue weighted by molar-refractivity contribution is 5.00. The molecule has 0 aliphatic carbocycles. The van der Waals surface area contributed by atoms with E-state index in [0.29, 0.717) is 0 Å². The van der Waals surface area contributed by atoms with Gasteiger partial charge >= 0.3 is 0 Å². The number of nitrogens with zero attached hydrogens (tertiary/aromatic N) is 1. The van der Waals surface area contributed by atoms with Crippen molar-refractivity contribution in [2.75, 3.05) is 6.54 Å². The highest BCUT2D eigenvalue weighted by Gasteiger charge is 1.83. The van der Waals surface area contributed by atoms with E-state index in [9.17, 15) is 10.1 Å². The summed E-state index contributed by atoms with van der Waals surface area (Å²) < 4.78 is 0. The summed E-state index contributed by atoms with van der Waals surface area (Å²) in [6, 6.07) is 0. The third-order valence-corrected chi connectivity index (χ3v) is 0.694. The Balaban J connectivity index is 3.36. The van der Waals surface area contributed by atoms with Gasteiger partial charge in [0.2, 0.25) is 6.54 Å². The molecule has 9 heavy (non-hydrogen) atoms. The van der Waals surface area contributed by atoms with Crippen LogP contribution in [0.3, 0.4) is 0 Å². The van der Waals surface area contributed by atoms with Crippen LogP contribution in [0.25, 0.3) is 0 Å². The lowest BCUT2D eigenvalue weighted by Gasteiger charge is -1.79. The zero-order chi connectivity index (χ0) is 7.11. The fourth-order valence-corrected chi connectivity index (χ4v) is 0.337. The third-order valence-electron chi connectivity index (χ3n) is 0.694. The predicted molar refractivity (Wildman–Crippen MR) is 35.8 cm³/mol. The predicted octanol–water partition coefficient (Wildman–Crippen LogP) is 1.40. The molecule has 0 saturated carbocycles. The van der Waals surface area contributed by atoms with E-state index in [1.54, 1.807) is 12.2 Å². The average molecular weight is 127 g/mol. The number of hydrogen-bond donors (Lipinski definition) is 0. The molecule has 3 heteroatoms. The first-order chi connectivity index (χ1) is 4.27. The Labute approximate surface area is 53.8 Å². The molecule has 0 atom stereocenters. The summed E-state index contributed by atoms with van der Waals surface area (Å²) in [6.45, 7) is 1.76. The van der Waals surface area contributed by atoms with Gasteiger partial charge in [0.1, 0.15) is 0 Å². The summed E-state index contributed by atoms with van der Waals surface area (Å²) in [7, 11) is 0. The molecule has 0 aromatic rings. The van der Waals surface area contributed by atoms with Crippen molar-refractivity contribution in [3.05, 3.63) is 34.4 Å². The van der Waals surface area contributed by atoms with Crippen LogP contribution < -0.4 is 0 Å². The zero-order valence-corrected chi connectivity index (χ0v) is 5.28. The van der Waals surface area contributed by atoms with Gasteiger partial charge in [-0.2, -0.15) is 0 Å². The number of nitro groups is 1. The van der Waals surface area contributed by atoms with Gasteiger partial charge < -0.3 is 0 Å². The van der Waals surface area contributed by atoms with E-state index in [-0.39, 0.29) is 11.5 Å². The van der Waals surface area contributed by atoms with Crippen molar-refractivity contribution in [3.63, 3.8) is 0 Å². The number of rotatable bonds is 3. The smallest absolute Gasteiger partial charge is 0.222 e. The Morgan fingerprint density at radius 2 is 2.22 bits per heavy atom. The summed E-state index contributed by atoms with van der Waals surface area (Å²) in [5.74, 6) is 0. The van der Waals surface area contributed by atoms with Gasteiger partial charge in [-0.25, -0.2) is 0 Å². The van der Waals surface area contributed by atoms with Gasteiger partial charge in [-0.3, -0.25) is 10.1 Å². The molecule has 50 valence electrons. The van der Waals surface area contributed by atoms with Crippen molar-refractivity contribution >= 4 is 0 Å². The Kier molecular flexibility index (Phi) is 4.40. The van der Waals surface area contributed by atoms with Crippen LogP contribution in [0.1, 0.15) is 6.92 Å². The average Bonchev–Trinajstić information content (AvgIpc) is 1.80. The van der Waals surface area contributed by atoms with Crippen molar-refractivity contribution < 1.29 is 4.92 Å². The molecule has 0 rings (SSSR count). The fraction of sp³-hybridized carbons (Fsp3) is 0.333. The highest BCUT2D eigenvalue weighted by Crippen LogP contribution is 1.76. The molecule has 0 bridgehead atoms. The summed E-state index contributed by atoms with van der Waals surface area (Å²) in [5.41, 5.74) is 0. The molecular weight excluding hydrogens is 118 g/mol. The lowest BCUT2D eigenvalue weighted by atomic mass is 10.4. The highest BCUT2D eigenvalue weighted by atomic mass is 16.6. The van der Waals surface area contributed by atoms with Crippen LogP contribution in [0, 0.1) is 10.1 Å². The Bertz CT molecular complexity index is 138. The number of allylic oxidation sites excluding steroid dienone is 3. The second kappa shape index (κ2) is 5.03. The minimum atomic E-state index is -0.375. The minimum absolute atomic E-state index is 0.0929. The van der Waals surface area contributed by atoms with E-state index in [4.69, 9.17) is 0 Å². The Morgan fingerprint density at radius 3 is 2.67 bits per heavy atom. The van der Waals surface area contributed by atoms with Crippen molar-refractivity contribution in [1.82, 2.24) is 0 Å². The first-order valence-electron chi connectivity index (χ1n) is 2.67. The normalized spacial score (nSPS) is 11.2. The van der Waals surface area contributed by atoms with Gasteiger partial charge in [-0.05, 0) is 13.0 Å². The molecule has 0 aromatic heterocycles. The van der Waals surface area contributed by atoms with Crippen molar-refractivity contribution in [2.45, 2.75) is 6.92 Å². The molecule has 0 saturated heterocycles. The van der Waals surface area contributed by atoms with Crippen LogP contribution in [0.2, 0.25) is 0 Å². The van der Waals surface area contributed by atoms with E-state index in [1.165, 1.54) is 6.08 Å². The van der Waals surface area contributed by atoms with Gasteiger partial charge in [0.05, 0.1) is 0 Å². The quantitative estimate of drug-likeness (QED) is 0.326. The van der Waals surface area contributed by atoms with Crippen molar-refractivity contribution in [3.8, 4) is 0 Å². The van der Waals surface area contributed by atoms with Crippen LogP contribution in [-0.2, 0) is 0 Å². The molecule has 0 N–H and O–H groups in total. The minimum Gasteiger partial charge on any atom is -0.264 e. The second-order valence-electron chi connectivity index (χ2n) is 1.47. The molecule has 0 aliphatic rings. The van der Waals surface area contributed by atoms with E-state index in [1.807, 2.05) is 13.0 Å². The van der Waals surface area contributed by atoms with Gasteiger partial charge in [0, 0.05) is 4.92 Å². The van der Waals surface area contributed by atoms with Crippen LogP contribution >= 0.6 is 0 Å². The molecule has 0 spiro atoms. The van der Waals surface area contributed by atoms with Crippen LogP contribution in [0.4, 0.5) is 0 Å². The van der Waals surface area contributed by atoms with Gasteiger partial charge in [0.25, 0.3) is 0 Å². The molecular formula is C6H9NO2. The summed E-state index contributed by atoms with van der Waals surface area (Å²) in [4.78, 5) is 9.32. The number of hydrogen-bond acceptors (Lipinski definition) is 2. The fourth-order valence-electron chi connectivity index (χ4n) is 0.337. The maximum atomic E-state index is 9.69. The lowest BCUT2D eigenvalue weighted by molar-refractivity contribution is -0.468. The molecule has 0 radical (unpaired) electrons. The van der Waals surface area contributed by atoms with Crippen molar-refractivity contribution in [1.29, 1.82) is 0 Å². The zero-order valence-electron chi connectivity index (χ0n) is 5.28. The van der Waals surface area contributed by atoms with E-state index in [2.05, 4.69) is 0 Å². The molecule has 3 nitrogen and oxygen atoms in total. The summed E-state index contributed by atoms with van der Waals surface area (Å²) in [5, 5.41) is 9.69. The second-order valence-corrected chi connectivity index (χ2v) is 1.47. The third kappa shape index (κ3) is 6.88. The van der Waals surface area contributed by atoms with Gasteiger partial charge in [-0.15, -0.1) is 0 Å². The first kappa shape index (κ1) is 7.88. The molecule has 0 aliphatic heterocycles. The van der Waals surface area contributed by atoms with E-state index >= 15 is 0 Å². The van der Waals surface area contributed by atoms with Crippen molar-refractivity contribution in [2.24, 2.45) is 0 Å². The molecule has 0 amide bonds. The van der Waals surface area contributed by atoms with E-state index in [0.717, 1.165) is 0 Å². The van der Waals surface area contributed by atoms with Gasteiger partial charge in [0.15, 0.2) is 0 Å². The Morgan fingerprint density at radius 1 is 1.56 bits per heavy atom. The molecule has 0 heterocycles. The molecule has 0 aromatic carbocycles. The molecule has 0 fully saturated rings. The molecule has 0 unspecified atom stereocenters. The van der Waals surface area contributed by atoms with Crippen LogP contribution in [0.15, 0.2) is 24.3 Å². The largest absolute Gasteiger partial charge is 0.264 e. The SMILES string of the molecule is C/C=C\C=C/C[N+](=O)[O-]. The summed E-state index contributed by atoms with van der Waals surface area (Å²) >= 11 is 0. The van der Waals surface area contributed by atoms with Gasteiger partial charge in [-0.1, -0.05) is 18.2 Å². The monoisotopic (exact) mass is 127 g/mol. The summed E-state index contributed by atoms with van der Waals surface area (Å²) in [6.07, 6.45) is 6.72. The maximum Gasteiger partial charge on any atom is 0.222 e. The Hall–Kier alpha value is -1.12. The maximum absolute atomic E-state index is 9.69. The lowest BCUT2D eigenvalue weighted by Crippen LogP contribution is -1.94.